The number of aromatic amines is 1. The van der Waals surface area contributed by atoms with E-state index in [9.17, 15) is 9.50 Å². The number of fused-ring (bicyclic) bond motifs is 2. The molecule has 32 heavy (non-hydrogen) atoms. The number of nitrogens with one attached hydrogen (secondary N) is 2. The number of alkyl halides is 1. The number of nitrogens with zero attached hydrogens (tertiary/aromatic N) is 4. The standard InChI is InChI=1S/C23H24F2N6O/c24-17-6-16(21(32)7-15(17)12-8-28-29-9-12)19-10-27-22(11-26-19)31(14-2-3-14)20-5-13-1-4-18(30-13)23(20)25/h6-11,13-14,18,20,23,30,32H,1-5H2,(H,28,29)/t13?,18?,20-,23+/m0/s1. The van der Waals surface area contributed by atoms with Crippen LogP contribution in [0, 0.1) is 5.82 Å². The maximum Gasteiger partial charge on any atom is 0.147 e. The summed E-state index contributed by atoms with van der Waals surface area (Å²) in [5.74, 6) is 0.0535. The van der Waals surface area contributed by atoms with Crippen LogP contribution in [0.1, 0.15) is 32.1 Å². The zero-order chi connectivity index (χ0) is 21.8. The smallest absolute Gasteiger partial charge is 0.147 e. The Morgan fingerprint density at radius 3 is 2.62 bits per heavy atom. The molecular formula is C23H24F2N6O. The van der Waals surface area contributed by atoms with Crippen LogP contribution in [-0.4, -0.2) is 55.6 Å². The van der Waals surface area contributed by atoms with Crippen LogP contribution in [0.3, 0.4) is 0 Å². The van der Waals surface area contributed by atoms with E-state index in [4.69, 9.17) is 0 Å². The molecule has 7 nitrogen and oxygen atoms in total. The van der Waals surface area contributed by atoms with Gasteiger partial charge in [0.15, 0.2) is 0 Å². The average Bonchev–Trinajstić information content (AvgIpc) is 3.32. The Balaban J connectivity index is 1.30. The SMILES string of the molecule is Oc1cc(-c2cn[nH]c2)c(F)cc1-c1cnc(N(C2CC2)[C@H]2CC3CCC(N3)[C@H]2F)cn1. The van der Waals surface area contributed by atoms with Crippen molar-refractivity contribution in [2.75, 3.05) is 4.90 Å². The van der Waals surface area contributed by atoms with Gasteiger partial charge in [0.05, 0.1) is 30.3 Å². The van der Waals surface area contributed by atoms with E-state index in [2.05, 4.69) is 30.4 Å². The second kappa shape index (κ2) is 7.51. The fourth-order valence-electron chi connectivity index (χ4n) is 5.20. The molecule has 3 aromatic rings. The van der Waals surface area contributed by atoms with Gasteiger partial charge < -0.3 is 15.3 Å². The van der Waals surface area contributed by atoms with Crippen molar-refractivity contribution in [2.45, 2.75) is 62.4 Å². The maximum absolute atomic E-state index is 15.2. The van der Waals surface area contributed by atoms with Crippen molar-refractivity contribution in [3.8, 4) is 28.1 Å². The summed E-state index contributed by atoms with van der Waals surface area (Å²) in [5, 5.41) is 20.4. The van der Waals surface area contributed by atoms with Crippen molar-refractivity contribution in [2.24, 2.45) is 0 Å². The molecule has 3 N–H and O–H groups in total. The van der Waals surface area contributed by atoms with Crippen molar-refractivity contribution in [3.05, 3.63) is 42.7 Å². The number of benzene rings is 1. The first-order chi connectivity index (χ1) is 15.6. The number of hydrogen-bond acceptors (Lipinski definition) is 6. The highest BCUT2D eigenvalue weighted by molar-refractivity contribution is 5.74. The number of phenols is 1. The average molecular weight is 438 g/mol. The van der Waals surface area contributed by atoms with Crippen molar-refractivity contribution < 1.29 is 13.9 Å². The summed E-state index contributed by atoms with van der Waals surface area (Å²) in [4.78, 5) is 11.1. The van der Waals surface area contributed by atoms with Gasteiger partial charge in [0, 0.05) is 41.0 Å². The van der Waals surface area contributed by atoms with E-state index in [1.807, 2.05) is 0 Å². The van der Waals surface area contributed by atoms with Gasteiger partial charge in [0.25, 0.3) is 0 Å². The fraction of sp³-hybridized carbons (Fsp3) is 0.435. The summed E-state index contributed by atoms with van der Waals surface area (Å²) in [7, 11) is 0. The summed E-state index contributed by atoms with van der Waals surface area (Å²) in [5.41, 5.74) is 1.42. The molecule has 0 radical (unpaired) electrons. The third kappa shape index (κ3) is 3.31. The van der Waals surface area contributed by atoms with Crippen LogP contribution in [0.2, 0.25) is 0 Å². The number of aromatic nitrogens is 4. The van der Waals surface area contributed by atoms with Crippen molar-refractivity contribution in [3.63, 3.8) is 0 Å². The van der Waals surface area contributed by atoms with Crippen LogP contribution in [0.25, 0.3) is 22.4 Å². The Labute approximate surface area is 183 Å². The summed E-state index contributed by atoms with van der Waals surface area (Å²) >= 11 is 0. The quantitative estimate of drug-likeness (QED) is 0.564. The molecule has 6 rings (SSSR count). The second-order valence-electron chi connectivity index (χ2n) is 9.03. The topological polar surface area (TPSA) is 90.0 Å². The molecule has 1 saturated carbocycles. The molecular weight excluding hydrogens is 414 g/mol. The molecule has 3 aliphatic rings. The number of hydrogen-bond donors (Lipinski definition) is 3. The minimum absolute atomic E-state index is 0.0825. The number of halogens is 2. The van der Waals surface area contributed by atoms with Crippen LogP contribution in [-0.2, 0) is 0 Å². The number of H-pyrrole nitrogens is 1. The van der Waals surface area contributed by atoms with Gasteiger partial charge in [0.1, 0.15) is 23.6 Å². The molecule has 9 heteroatoms. The number of aromatic hydroxyl groups is 1. The van der Waals surface area contributed by atoms with E-state index in [-0.39, 0.29) is 35.0 Å². The van der Waals surface area contributed by atoms with Crippen LogP contribution < -0.4 is 10.2 Å². The summed E-state index contributed by atoms with van der Waals surface area (Å²) in [6.07, 6.45) is 9.96. The molecule has 0 amide bonds. The van der Waals surface area contributed by atoms with Gasteiger partial charge in [-0.05, 0) is 44.2 Å². The minimum Gasteiger partial charge on any atom is -0.507 e. The lowest BCUT2D eigenvalue weighted by Crippen LogP contribution is -2.57. The predicted octanol–water partition coefficient (Wildman–Crippen LogP) is 3.58. The zero-order valence-electron chi connectivity index (χ0n) is 17.4. The van der Waals surface area contributed by atoms with Gasteiger partial charge >= 0.3 is 0 Å². The monoisotopic (exact) mass is 438 g/mol. The van der Waals surface area contributed by atoms with E-state index >= 15 is 4.39 Å². The van der Waals surface area contributed by atoms with E-state index in [1.54, 1.807) is 12.4 Å². The predicted molar refractivity (Wildman–Crippen MR) is 115 cm³/mol. The molecule has 3 fully saturated rings. The molecule has 4 atom stereocenters. The van der Waals surface area contributed by atoms with Gasteiger partial charge in [0.2, 0.25) is 0 Å². The van der Waals surface area contributed by atoms with Crippen molar-refractivity contribution in [1.82, 2.24) is 25.5 Å². The van der Waals surface area contributed by atoms with E-state index in [1.165, 1.54) is 24.5 Å². The molecule has 0 spiro atoms. The van der Waals surface area contributed by atoms with Gasteiger partial charge in [-0.1, -0.05) is 0 Å². The summed E-state index contributed by atoms with van der Waals surface area (Å²) in [6, 6.07) is 2.97. The van der Waals surface area contributed by atoms with Gasteiger partial charge in [-0.2, -0.15) is 5.10 Å². The van der Waals surface area contributed by atoms with E-state index < -0.39 is 12.0 Å². The lowest BCUT2D eigenvalue weighted by Gasteiger charge is -2.41. The zero-order valence-corrected chi connectivity index (χ0v) is 17.4. The summed E-state index contributed by atoms with van der Waals surface area (Å²) < 4.78 is 29.9. The maximum atomic E-state index is 15.2. The lowest BCUT2D eigenvalue weighted by atomic mass is 9.96. The first-order valence-corrected chi connectivity index (χ1v) is 11.1. The first-order valence-electron chi connectivity index (χ1n) is 11.1. The molecule has 2 aliphatic heterocycles. The molecule has 2 bridgehead atoms. The first kappa shape index (κ1) is 19.6. The second-order valence-corrected chi connectivity index (χ2v) is 9.03. The third-order valence-corrected chi connectivity index (χ3v) is 6.92. The van der Waals surface area contributed by atoms with Gasteiger partial charge in [-0.25, -0.2) is 13.8 Å². The van der Waals surface area contributed by atoms with Crippen molar-refractivity contribution >= 4 is 5.82 Å². The Morgan fingerprint density at radius 2 is 1.91 bits per heavy atom. The third-order valence-electron chi connectivity index (χ3n) is 6.92. The molecule has 2 unspecified atom stereocenters. The van der Waals surface area contributed by atoms with Gasteiger partial charge in [-0.3, -0.25) is 10.1 Å². The minimum atomic E-state index is -0.940. The molecule has 1 aliphatic carbocycles. The highest BCUT2D eigenvalue weighted by Gasteiger charge is 2.48. The number of anilines is 1. The Bertz CT molecular complexity index is 1120. The normalized spacial score (nSPS) is 26.9. The molecule has 166 valence electrons. The van der Waals surface area contributed by atoms with Crippen LogP contribution in [0.5, 0.6) is 5.75 Å². The number of piperidine rings is 1. The molecule has 4 heterocycles. The largest absolute Gasteiger partial charge is 0.507 e. The van der Waals surface area contributed by atoms with Crippen LogP contribution in [0.4, 0.5) is 14.6 Å². The fourth-order valence-corrected chi connectivity index (χ4v) is 5.20. The van der Waals surface area contributed by atoms with Gasteiger partial charge in [-0.15, -0.1) is 0 Å². The number of rotatable bonds is 5. The highest BCUT2D eigenvalue weighted by Crippen LogP contribution is 2.40. The van der Waals surface area contributed by atoms with E-state index in [0.29, 0.717) is 23.1 Å². The Hall–Kier alpha value is -3.07. The molecule has 2 aromatic heterocycles. The Kier molecular flexibility index (Phi) is 4.60. The van der Waals surface area contributed by atoms with Crippen LogP contribution in [0.15, 0.2) is 36.9 Å². The summed E-state index contributed by atoms with van der Waals surface area (Å²) in [6.45, 7) is 0. The van der Waals surface area contributed by atoms with Crippen molar-refractivity contribution in [1.29, 1.82) is 0 Å². The number of phenolic OH excluding ortho intramolecular Hbond substituents is 1. The van der Waals surface area contributed by atoms with E-state index in [0.717, 1.165) is 32.1 Å². The molecule has 1 aromatic carbocycles. The molecule has 2 saturated heterocycles. The highest BCUT2D eigenvalue weighted by atomic mass is 19.1. The Morgan fingerprint density at radius 1 is 1.03 bits per heavy atom. The van der Waals surface area contributed by atoms with Crippen LogP contribution >= 0.6 is 0 Å². The lowest BCUT2D eigenvalue weighted by molar-refractivity contribution is 0.171.